The standard InChI is InChI=1S/C19H15N5O4/c25-17(11-27-15-6-4-13-5-7-18(26)28-16(13)9-15)22-19-21-12-24(23-19)10-14-3-1-2-8-20-14/h1-9,12H,10-11H2,(H,22,23,25). The van der Waals surface area contributed by atoms with E-state index in [0.29, 0.717) is 17.9 Å². The molecule has 1 aromatic carbocycles. The van der Waals surface area contributed by atoms with Crippen LogP contribution in [0.5, 0.6) is 5.75 Å². The lowest BCUT2D eigenvalue weighted by molar-refractivity contribution is -0.118. The molecule has 0 aliphatic heterocycles. The van der Waals surface area contributed by atoms with Gasteiger partial charge in [0.1, 0.15) is 17.7 Å². The molecule has 9 nitrogen and oxygen atoms in total. The van der Waals surface area contributed by atoms with Gasteiger partial charge in [-0.2, -0.15) is 0 Å². The highest BCUT2D eigenvalue weighted by molar-refractivity contribution is 5.90. The second-order valence-corrected chi connectivity index (χ2v) is 5.88. The highest BCUT2D eigenvalue weighted by atomic mass is 16.5. The molecule has 0 aliphatic rings. The fourth-order valence-electron chi connectivity index (χ4n) is 2.53. The van der Waals surface area contributed by atoms with Gasteiger partial charge in [-0.1, -0.05) is 6.07 Å². The number of nitrogens with one attached hydrogen (secondary N) is 1. The molecule has 1 amide bonds. The highest BCUT2D eigenvalue weighted by Gasteiger charge is 2.09. The van der Waals surface area contributed by atoms with E-state index in [2.05, 4.69) is 20.4 Å². The Bertz CT molecular complexity index is 1170. The average molecular weight is 377 g/mol. The molecule has 0 saturated carbocycles. The Hall–Kier alpha value is -4.01. The first-order chi connectivity index (χ1) is 13.7. The summed E-state index contributed by atoms with van der Waals surface area (Å²) in [7, 11) is 0. The summed E-state index contributed by atoms with van der Waals surface area (Å²) in [5, 5.41) is 7.51. The van der Waals surface area contributed by atoms with E-state index >= 15 is 0 Å². The zero-order valence-electron chi connectivity index (χ0n) is 14.6. The molecule has 0 spiro atoms. The lowest BCUT2D eigenvalue weighted by Crippen LogP contribution is -2.21. The SMILES string of the molecule is O=C(COc1ccc2ccc(=O)oc2c1)Nc1ncn(Cc2ccccn2)n1. The third-order valence-electron chi connectivity index (χ3n) is 3.80. The maximum Gasteiger partial charge on any atom is 0.336 e. The van der Waals surface area contributed by atoms with Crippen LogP contribution in [0.2, 0.25) is 0 Å². The number of aromatic nitrogens is 4. The second-order valence-electron chi connectivity index (χ2n) is 5.88. The number of nitrogens with zero attached hydrogens (tertiary/aromatic N) is 4. The summed E-state index contributed by atoms with van der Waals surface area (Å²) in [5.41, 5.74) is 0.770. The van der Waals surface area contributed by atoms with Crippen LogP contribution in [0.3, 0.4) is 0 Å². The Morgan fingerprint density at radius 2 is 2.04 bits per heavy atom. The van der Waals surface area contributed by atoms with Gasteiger partial charge in [-0.3, -0.25) is 15.1 Å². The minimum Gasteiger partial charge on any atom is -0.484 e. The van der Waals surface area contributed by atoms with Crippen LogP contribution in [0.15, 0.2) is 70.3 Å². The third kappa shape index (κ3) is 4.21. The molecule has 0 atom stereocenters. The van der Waals surface area contributed by atoms with Crippen LogP contribution in [0.1, 0.15) is 5.69 Å². The maximum absolute atomic E-state index is 12.1. The Labute approximate surface area is 158 Å². The van der Waals surface area contributed by atoms with E-state index in [1.807, 2.05) is 18.2 Å². The van der Waals surface area contributed by atoms with Crippen LogP contribution in [-0.4, -0.2) is 32.3 Å². The Balaban J connectivity index is 1.34. The van der Waals surface area contributed by atoms with Gasteiger partial charge in [0, 0.05) is 23.7 Å². The van der Waals surface area contributed by atoms with Gasteiger partial charge in [-0.05, 0) is 30.3 Å². The van der Waals surface area contributed by atoms with Crippen LogP contribution >= 0.6 is 0 Å². The van der Waals surface area contributed by atoms with E-state index in [1.54, 1.807) is 35.1 Å². The average Bonchev–Trinajstić information content (AvgIpc) is 3.13. The lowest BCUT2D eigenvalue weighted by Gasteiger charge is -2.06. The largest absolute Gasteiger partial charge is 0.484 e. The Kier molecular flexibility index (Phi) is 4.79. The van der Waals surface area contributed by atoms with Gasteiger partial charge in [0.05, 0.1) is 12.2 Å². The van der Waals surface area contributed by atoms with Crippen molar-refractivity contribution < 1.29 is 13.9 Å². The van der Waals surface area contributed by atoms with Crippen molar-refractivity contribution in [3.8, 4) is 5.75 Å². The first kappa shape index (κ1) is 17.4. The van der Waals surface area contributed by atoms with Crippen molar-refractivity contribution in [1.29, 1.82) is 0 Å². The summed E-state index contributed by atoms with van der Waals surface area (Å²) in [6, 6.07) is 13.6. The summed E-state index contributed by atoms with van der Waals surface area (Å²) >= 11 is 0. The highest BCUT2D eigenvalue weighted by Crippen LogP contribution is 2.19. The molecule has 0 fully saturated rings. The zero-order chi connectivity index (χ0) is 19.3. The molecule has 4 rings (SSSR count). The van der Waals surface area contributed by atoms with E-state index in [-0.39, 0.29) is 12.6 Å². The summed E-state index contributed by atoms with van der Waals surface area (Å²) in [4.78, 5) is 31.6. The summed E-state index contributed by atoms with van der Waals surface area (Å²) in [5.74, 6) is 0.171. The molecule has 9 heteroatoms. The van der Waals surface area contributed by atoms with Crippen LogP contribution < -0.4 is 15.7 Å². The molecular formula is C19H15N5O4. The first-order valence-electron chi connectivity index (χ1n) is 8.42. The van der Waals surface area contributed by atoms with Crippen molar-refractivity contribution >= 4 is 22.8 Å². The number of carbonyl (C=O) groups is 1. The Morgan fingerprint density at radius 1 is 1.14 bits per heavy atom. The van der Waals surface area contributed by atoms with Gasteiger partial charge in [0.15, 0.2) is 6.61 Å². The first-order valence-corrected chi connectivity index (χ1v) is 8.42. The van der Waals surface area contributed by atoms with E-state index in [4.69, 9.17) is 9.15 Å². The van der Waals surface area contributed by atoms with Crippen molar-refractivity contribution in [2.45, 2.75) is 6.54 Å². The predicted octanol–water partition coefficient (Wildman–Crippen LogP) is 1.85. The zero-order valence-corrected chi connectivity index (χ0v) is 14.6. The second kappa shape index (κ2) is 7.70. The summed E-state index contributed by atoms with van der Waals surface area (Å²) in [6.45, 7) is 0.208. The Morgan fingerprint density at radius 3 is 2.89 bits per heavy atom. The minimum atomic E-state index is -0.449. The molecule has 0 bridgehead atoms. The molecule has 3 aromatic heterocycles. The predicted molar refractivity (Wildman–Crippen MR) is 100.0 cm³/mol. The fraction of sp³-hybridized carbons (Fsp3) is 0.105. The van der Waals surface area contributed by atoms with Gasteiger partial charge in [-0.25, -0.2) is 14.5 Å². The lowest BCUT2D eigenvalue weighted by atomic mass is 10.2. The van der Waals surface area contributed by atoms with Crippen molar-refractivity contribution in [3.05, 3.63) is 77.2 Å². The number of ether oxygens (including phenoxy) is 1. The topological polar surface area (TPSA) is 112 Å². The number of carbonyl (C=O) groups excluding carboxylic acids is 1. The summed E-state index contributed by atoms with van der Waals surface area (Å²) < 4.78 is 12.1. The molecule has 1 N–H and O–H groups in total. The monoisotopic (exact) mass is 377 g/mol. The molecule has 0 saturated heterocycles. The maximum atomic E-state index is 12.1. The van der Waals surface area contributed by atoms with E-state index in [1.165, 1.54) is 12.4 Å². The van der Waals surface area contributed by atoms with Gasteiger partial charge in [0.2, 0.25) is 5.95 Å². The van der Waals surface area contributed by atoms with Crippen molar-refractivity contribution in [2.75, 3.05) is 11.9 Å². The number of amides is 1. The number of benzene rings is 1. The van der Waals surface area contributed by atoms with Crippen LogP contribution in [0.25, 0.3) is 11.0 Å². The van der Waals surface area contributed by atoms with Gasteiger partial charge in [-0.15, -0.1) is 5.10 Å². The third-order valence-corrected chi connectivity index (χ3v) is 3.80. The molecule has 28 heavy (non-hydrogen) atoms. The van der Waals surface area contributed by atoms with Crippen LogP contribution in [-0.2, 0) is 11.3 Å². The number of rotatable bonds is 6. The van der Waals surface area contributed by atoms with Crippen molar-refractivity contribution in [3.63, 3.8) is 0 Å². The van der Waals surface area contributed by atoms with E-state index in [9.17, 15) is 9.59 Å². The number of pyridine rings is 1. The smallest absolute Gasteiger partial charge is 0.336 e. The molecular weight excluding hydrogens is 362 g/mol. The molecule has 0 unspecified atom stereocenters. The molecule has 0 radical (unpaired) electrons. The number of fused-ring (bicyclic) bond motifs is 1. The van der Waals surface area contributed by atoms with Crippen molar-refractivity contribution in [2.24, 2.45) is 0 Å². The van der Waals surface area contributed by atoms with Crippen molar-refractivity contribution in [1.82, 2.24) is 19.7 Å². The van der Waals surface area contributed by atoms with Gasteiger partial charge in [0.25, 0.3) is 5.91 Å². The number of anilines is 1. The molecule has 3 heterocycles. The normalized spacial score (nSPS) is 10.7. The van der Waals surface area contributed by atoms with Crippen LogP contribution in [0.4, 0.5) is 5.95 Å². The van der Waals surface area contributed by atoms with Gasteiger partial charge >= 0.3 is 5.63 Å². The van der Waals surface area contributed by atoms with Gasteiger partial charge < -0.3 is 9.15 Å². The summed E-state index contributed by atoms with van der Waals surface area (Å²) in [6.07, 6.45) is 3.21. The fourth-order valence-corrected chi connectivity index (χ4v) is 2.53. The minimum absolute atomic E-state index is 0.175. The quantitative estimate of drug-likeness (QED) is 0.510. The van der Waals surface area contributed by atoms with E-state index in [0.717, 1.165) is 11.1 Å². The molecule has 0 aliphatic carbocycles. The number of hydrogen-bond acceptors (Lipinski definition) is 7. The van der Waals surface area contributed by atoms with E-state index < -0.39 is 11.5 Å². The molecule has 4 aromatic rings. The number of hydrogen-bond donors (Lipinski definition) is 1. The van der Waals surface area contributed by atoms with Crippen LogP contribution in [0, 0.1) is 0 Å². The molecule has 140 valence electrons.